The first-order valence-corrected chi connectivity index (χ1v) is 7.25. The predicted molar refractivity (Wildman–Crippen MR) is 78.1 cm³/mol. The van der Waals surface area contributed by atoms with Crippen molar-refractivity contribution in [1.82, 2.24) is 15.1 Å². The Bertz CT molecular complexity index is 514. The molecule has 0 spiro atoms. The van der Waals surface area contributed by atoms with E-state index in [1.54, 1.807) is 0 Å². The maximum atomic E-state index is 4.48. The number of aryl methyl sites for hydroxylation is 1. The Morgan fingerprint density at radius 3 is 3.24 bits per heavy atom. The van der Waals surface area contributed by atoms with E-state index in [1.165, 1.54) is 40.3 Å². The Kier molecular flexibility index (Phi) is 3.33. The van der Waals surface area contributed by atoms with Crippen LogP contribution in [0.1, 0.15) is 19.3 Å². The number of aromatic nitrogens is 2. The molecule has 4 heteroatoms. The first-order chi connectivity index (χ1) is 8.33. The van der Waals surface area contributed by atoms with Crippen LogP contribution in [0.15, 0.2) is 24.4 Å². The van der Waals surface area contributed by atoms with Crippen LogP contribution in [0.25, 0.3) is 10.9 Å². The van der Waals surface area contributed by atoms with Crippen LogP contribution in [0, 0.1) is 3.57 Å². The summed E-state index contributed by atoms with van der Waals surface area (Å²) in [7, 11) is 0. The third-order valence-electron chi connectivity index (χ3n) is 3.46. The number of hydrogen-bond donors (Lipinski definition) is 1. The van der Waals surface area contributed by atoms with Gasteiger partial charge in [-0.1, -0.05) is 6.07 Å². The van der Waals surface area contributed by atoms with Gasteiger partial charge in [-0.15, -0.1) is 0 Å². The van der Waals surface area contributed by atoms with E-state index in [-0.39, 0.29) is 0 Å². The Balaban J connectivity index is 1.77. The topological polar surface area (TPSA) is 29.9 Å². The van der Waals surface area contributed by atoms with E-state index in [4.69, 9.17) is 0 Å². The van der Waals surface area contributed by atoms with E-state index in [0.29, 0.717) is 6.04 Å². The number of nitrogens with zero attached hydrogens (tertiary/aromatic N) is 2. The Morgan fingerprint density at radius 2 is 2.41 bits per heavy atom. The summed E-state index contributed by atoms with van der Waals surface area (Å²) in [5, 5.41) is 9.26. The van der Waals surface area contributed by atoms with Crippen LogP contribution in [0.4, 0.5) is 0 Å². The summed E-state index contributed by atoms with van der Waals surface area (Å²) < 4.78 is 3.41. The van der Waals surface area contributed by atoms with Crippen molar-refractivity contribution >= 4 is 33.5 Å². The van der Waals surface area contributed by atoms with Gasteiger partial charge in [0.25, 0.3) is 0 Å². The number of nitrogens with one attached hydrogen (secondary N) is 1. The molecule has 0 saturated carbocycles. The third kappa shape index (κ3) is 2.47. The Labute approximate surface area is 115 Å². The maximum absolute atomic E-state index is 4.48. The molecule has 0 bridgehead atoms. The van der Waals surface area contributed by atoms with Gasteiger partial charge in [-0.25, -0.2) is 0 Å². The fourth-order valence-corrected chi connectivity index (χ4v) is 2.98. The zero-order valence-corrected chi connectivity index (χ0v) is 11.9. The summed E-state index contributed by atoms with van der Waals surface area (Å²) in [6, 6.07) is 7.18. The van der Waals surface area contributed by atoms with Crippen LogP contribution in [0.5, 0.6) is 0 Å². The smallest absolute Gasteiger partial charge is 0.0692 e. The second kappa shape index (κ2) is 4.94. The molecule has 1 aromatic carbocycles. The van der Waals surface area contributed by atoms with E-state index < -0.39 is 0 Å². The average molecular weight is 341 g/mol. The molecular weight excluding hydrogens is 325 g/mol. The molecule has 1 aliphatic rings. The zero-order valence-electron chi connectivity index (χ0n) is 9.69. The summed E-state index contributed by atoms with van der Waals surface area (Å²) in [6.07, 6.45) is 5.79. The molecule has 2 heterocycles. The van der Waals surface area contributed by atoms with E-state index in [9.17, 15) is 0 Å². The van der Waals surface area contributed by atoms with Crippen molar-refractivity contribution in [3.63, 3.8) is 0 Å². The molecule has 1 saturated heterocycles. The lowest BCUT2D eigenvalue weighted by molar-refractivity contribution is 0.488. The summed E-state index contributed by atoms with van der Waals surface area (Å²) in [5.74, 6) is 0. The van der Waals surface area contributed by atoms with Crippen LogP contribution < -0.4 is 5.32 Å². The molecule has 0 amide bonds. The van der Waals surface area contributed by atoms with Crippen molar-refractivity contribution in [2.75, 3.05) is 6.54 Å². The lowest BCUT2D eigenvalue weighted by atomic mass is 10.1. The highest BCUT2D eigenvalue weighted by atomic mass is 127. The molecule has 0 aliphatic carbocycles. The van der Waals surface area contributed by atoms with E-state index >= 15 is 0 Å². The molecule has 1 aromatic heterocycles. The monoisotopic (exact) mass is 341 g/mol. The number of halogens is 1. The SMILES string of the molecule is Ic1ccc2cnn(CCC3CCCN3)c2c1. The van der Waals surface area contributed by atoms with Gasteiger partial charge in [0, 0.05) is 21.5 Å². The number of fused-ring (bicyclic) bond motifs is 1. The Hall–Kier alpha value is -0.620. The predicted octanol–water partition coefficient (Wildman–Crippen LogP) is 2.78. The molecule has 1 atom stereocenters. The lowest BCUT2D eigenvalue weighted by Crippen LogP contribution is -2.23. The van der Waals surface area contributed by atoms with Crippen LogP contribution >= 0.6 is 22.6 Å². The largest absolute Gasteiger partial charge is 0.314 e. The van der Waals surface area contributed by atoms with Gasteiger partial charge in [0.2, 0.25) is 0 Å². The van der Waals surface area contributed by atoms with Crippen molar-refractivity contribution in [1.29, 1.82) is 0 Å². The molecule has 0 radical (unpaired) electrons. The lowest BCUT2D eigenvalue weighted by Gasteiger charge is -2.10. The van der Waals surface area contributed by atoms with Crippen LogP contribution in [-0.2, 0) is 6.54 Å². The minimum Gasteiger partial charge on any atom is -0.314 e. The van der Waals surface area contributed by atoms with Crippen molar-refractivity contribution < 1.29 is 0 Å². The third-order valence-corrected chi connectivity index (χ3v) is 4.13. The summed E-state index contributed by atoms with van der Waals surface area (Å²) >= 11 is 2.36. The van der Waals surface area contributed by atoms with Crippen molar-refractivity contribution in [3.8, 4) is 0 Å². The highest BCUT2D eigenvalue weighted by Crippen LogP contribution is 2.18. The molecule has 3 nitrogen and oxygen atoms in total. The number of rotatable bonds is 3. The standard InChI is InChI=1S/C13H16IN3/c14-11-4-3-10-9-16-17(13(10)8-11)7-5-12-2-1-6-15-12/h3-4,8-9,12,15H,1-2,5-7H2. The molecule has 2 aromatic rings. The van der Waals surface area contributed by atoms with Gasteiger partial charge in [0.05, 0.1) is 11.7 Å². The van der Waals surface area contributed by atoms with Gasteiger partial charge in [-0.3, -0.25) is 4.68 Å². The fourth-order valence-electron chi connectivity index (χ4n) is 2.50. The molecule has 1 fully saturated rings. The van der Waals surface area contributed by atoms with Gasteiger partial charge in [0.1, 0.15) is 0 Å². The molecule has 17 heavy (non-hydrogen) atoms. The van der Waals surface area contributed by atoms with Gasteiger partial charge < -0.3 is 5.32 Å². The van der Waals surface area contributed by atoms with Gasteiger partial charge in [-0.05, 0) is 60.5 Å². The molecular formula is C13H16IN3. The molecule has 1 unspecified atom stereocenters. The fraction of sp³-hybridized carbons (Fsp3) is 0.462. The second-order valence-corrected chi connectivity index (χ2v) is 5.90. The maximum Gasteiger partial charge on any atom is 0.0692 e. The van der Waals surface area contributed by atoms with E-state index in [1.807, 2.05) is 6.20 Å². The minimum absolute atomic E-state index is 0.692. The summed E-state index contributed by atoms with van der Waals surface area (Å²) in [6.45, 7) is 2.20. The Morgan fingerprint density at radius 1 is 1.47 bits per heavy atom. The summed E-state index contributed by atoms with van der Waals surface area (Å²) in [4.78, 5) is 0. The van der Waals surface area contributed by atoms with Gasteiger partial charge in [0.15, 0.2) is 0 Å². The van der Waals surface area contributed by atoms with Crippen molar-refractivity contribution in [2.24, 2.45) is 0 Å². The zero-order chi connectivity index (χ0) is 11.7. The second-order valence-electron chi connectivity index (χ2n) is 4.65. The normalized spacial score (nSPS) is 20.2. The molecule has 1 aliphatic heterocycles. The van der Waals surface area contributed by atoms with Crippen molar-refractivity contribution in [2.45, 2.75) is 31.8 Å². The van der Waals surface area contributed by atoms with E-state index in [0.717, 1.165) is 6.54 Å². The molecule has 1 N–H and O–H groups in total. The van der Waals surface area contributed by atoms with Gasteiger partial charge in [-0.2, -0.15) is 5.10 Å². The minimum atomic E-state index is 0.692. The van der Waals surface area contributed by atoms with E-state index in [2.05, 4.69) is 55.9 Å². The van der Waals surface area contributed by atoms with Crippen LogP contribution in [-0.4, -0.2) is 22.4 Å². The number of hydrogen-bond acceptors (Lipinski definition) is 2. The quantitative estimate of drug-likeness (QED) is 0.870. The molecule has 3 rings (SSSR count). The summed E-state index contributed by atoms with van der Waals surface area (Å²) in [5.41, 5.74) is 1.26. The highest BCUT2D eigenvalue weighted by molar-refractivity contribution is 14.1. The first kappa shape index (κ1) is 11.5. The first-order valence-electron chi connectivity index (χ1n) is 6.17. The average Bonchev–Trinajstić information content (AvgIpc) is 2.94. The van der Waals surface area contributed by atoms with Crippen LogP contribution in [0.2, 0.25) is 0 Å². The highest BCUT2D eigenvalue weighted by Gasteiger charge is 2.14. The van der Waals surface area contributed by atoms with Gasteiger partial charge >= 0.3 is 0 Å². The van der Waals surface area contributed by atoms with Crippen LogP contribution in [0.3, 0.4) is 0 Å². The number of benzene rings is 1. The van der Waals surface area contributed by atoms with Crippen molar-refractivity contribution in [3.05, 3.63) is 28.0 Å². The molecule has 90 valence electrons.